The Morgan fingerprint density at radius 3 is 2.33 bits per heavy atom. The van der Waals surface area contributed by atoms with Gasteiger partial charge in [0.15, 0.2) is 9.84 Å². The second-order valence-electron chi connectivity index (χ2n) is 4.19. The molecule has 0 aromatic rings. The van der Waals surface area contributed by atoms with E-state index in [-0.39, 0.29) is 11.3 Å². The van der Waals surface area contributed by atoms with Crippen LogP contribution < -0.4 is 5.32 Å². The molecule has 3 nitrogen and oxygen atoms in total. The molecular weight excluding hydrogens is 210 g/mol. The molecule has 0 fully saturated rings. The molecule has 0 aromatic carbocycles. The highest BCUT2D eigenvalue weighted by Crippen LogP contribution is 2.12. The molecule has 0 aliphatic carbocycles. The molecule has 15 heavy (non-hydrogen) atoms. The number of nitrogens with one attached hydrogen (secondary N) is 1. The molecule has 1 N–H and O–H groups in total. The van der Waals surface area contributed by atoms with Gasteiger partial charge in [-0.2, -0.15) is 0 Å². The summed E-state index contributed by atoms with van der Waals surface area (Å²) in [5.74, 6) is 0. The number of allylic oxidation sites excluding steroid dienone is 1. The highest BCUT2D eigenvalue weighted by atomic mass is 32.2. The van der Waals surface area contributed by atoms with Crippen LogP contribution in [0.4, 0.5) is 0 Å². The van der Waals surface area contributed by atoms with Crippen molar-refractivity contribution >= 4 is 9.84 Å². The minimum Gasteiger partial charge on any atom is -0.313 e. The van der Waals surface area contributed by atoms with Gasteiger partial charge in [0.1, 0.15) is 0 Å². The molecule has 90 valence electrons. The number of hydrogen-bond donors (Lipinski definition) is 1. The number of rotatable bonds is 7. The summed E-state index contributed by atoms with van der Waals surface area (Å²) in [5.41, 5.74) is 1.10. The highest BCUT2D eigenvalue weighted by Gasteiger charge is 2.24. The molecule has 2 atom stereocenters. The highest BCUT2D eigenvalue weighted by molar-refractivity contribution is 7.91. The lowest BCUT2D eigenvalue weighted by molar-refractivity contribution is 0.470. The lowest BCUT2D eigenvalue weighted by atomic mass is 10.1. The second-order valence-corrected chi connectivity index (χ2v) is 6.60. The molecule has 2 unspecified atom stereocenters. The summed E-state index contributed by atoms with van der Waals surface area (Å²) in [6.45, 7) is 10.3. The first-order valence-corrected chi connectivity index (χ1v) is 7.31. The van der Waals surface area contributed by atoms with Crippen molar-refractivity contribution in [2.24, 2.45) is 0 Å². The molecule has 0 heterocycles. The van der Waals surface area contributed by atoms with E-state index in [0.717, 1.165) is 25.0 Å². The monoisotopic (exact) mass is 233 g/mol. The maximum absolute atomic E-state index is 11.4. The largest absolute Gasteiger partial charge is 0.313 e. The topological polar surface area (TPSA) is 46.2 Å². The third kappa shape index (κ3) is 5.95. The SMILES string of the molecule is C=C(C)CCC(NCC)C(C)S(C)(=O)=O. The van der Waals surface area contributed by atoms with E-state index in [4.69, 9.17) is 0 Å². The zero-order chi connectivity index (χ0) is 12.1. The Hall–Kier alpha value is -0.350. The normalized spacial score (nSPS) is 16.0. The van der Waals surface area contributed by atoms with Crippen LogP contribution in [-0.2, 0) is 9.84 Å². The van der Waals surface area contributed by atoms with Crippen LogP contribution in [0.5, 0.6) is 0 Å². The molecule has 0 aliphatic heterocycles. The Kier molecular flexibility index (Phi) is 6.13. The van der Waals surface area contributed by atoms with Gasteiger partial charge in [-0.25, -0.2) is 8.42 Å². The van der Waals surface area contributed by atoms with Crippen LogP contribution in [0.1, 0.15) is 33.6 Å². The van der Waals surface area contributed by atoms with Gasteiger partial charge in [-0.3, -0.25) is 0 Å². The van der Waals surface area contributed by atoms with Gasteiger partial charge in [-0.1, -0.05) is 12.5 Å². The van der Waals surface area contributed by atoms with Gasteiger partial charge in [0.25, 0.3) is 0 Å². The average Bonchev–Trinajstić information content (AvgIpc) is 2.09. The van der Waals surface area contributed by atoms with Crippen LogP contribution in [0.15, 0.2) is 12.2 Å². The van der Waals surface area contributed by atoms with Gasteiger partial charge in [-0.15, -0.1) is 6.58 Å². The molecule has 0 rings (SSSR count). The molecule has 4 heteroatoms. The maximum atomic E-state index is 11.4. The predicted octanol–water partition coefficient (Wildman–Crippen LogP) is 1.75. The fourth-order valence-electron chi connectivity index (χ4n) is 1.47. The number of sulfone groups is 1. The van der Waals surface area contributed by atoms with Crippen LogP contribution in [-0.4, -0.2) is 32.5 Å². The maximum Gasteiger partial charge on any atom is 0.151 e. The molecule has 0 radical (unpaired) electrons. The summed E-state index contributed by atoms with van der Waals surface area (Å²) in [7, 11) is -2.96. The Labute approximate surface area is 93.9 Å². The molecule has 0 saturated carbocycles. The zero-order valence-electron chi connectivity index (χ0n) is 10.2. The third-order valence-electron chi connectivity index (χ3n) is 2.59. The molecule has 0 spiro atoms. The van der Waals surface area contributed by atoms with E-state index in [9.17, 15) is 8.42 Å². The quantitative estimate of drug-likeness (QED) is 0.682. The van der Waals surface area contributed by atoms with E-state index < -0.39 is 9.84 Å². The molecule has 0 saturated heterocycles. The first-order chi connectivity index (χ1) is 6.79. The zero-order valence-corrected chi connectivity index (χ0v) is 11.0. The lowest BCUT2D eigenvalue weighted by Gasteiger charge is -2.23. The Bertz CT molecular complexity index is 296. The van der Waals surface area contributed by atoms with Crippen LogP contribution in [0.2, 0.25) is 0 Å². The van der Waals surface area contributed by atoms with Crippen LogP contribution in [0, 0.1) is 0 Å². The van der Waals surface area contributed by atoms with Crippen LogP contribution in [0.3, 0.4) is 0 Å². The lowest BCUT2D eigenvalue weighted by Crippen LogP contribution is -2.42. The summed E-state index contributed by atoms with van der Waals surface area (Å²) in [5, 5.41) is 2.89. The van der Waals surface area contributed by atoms with Gasteiger partial charge in [0.2, 0.25) is 0 Å². The summed E-state index contributed by atoms with van der Waals surface area (Å²) in [4.78, 5) is 0. The van der Waals surface area contributed by atoms with E-state index in [0.29, 0.717) is 0 Å². The summed E-state index contributed by atoms with van der Waals surface area (Å²) in [6, 6.07) is 0.0294. The van der Waals surface area contributed by atoms with Crippen molar-refractivity contribution in [2.75, 3.05) is 12.8 Å². The first-order valence-electron chi connectivity index (χ1n) is 5.35. The van der Waals surface area contributed by atoms with E-state index in [2.05, 4.69) is 11.9 Å². The average molecular weight is 233 g/mol. The Morgan fingerprint density at radius 1 is 1.47 bits per heavy atom. The van der Waals surface area contributed by atoms with Crippen molar-refractivity contribution < 1.29 is 8.42 Å². The van der Waals surface area contributed by atoms with E-state index in [1.807, 2.05) is 13.8 Å². The van der Waals surface area contributed by atoms with E-state index >= 15 is 0 Å². The fraction of sp³-hybridized carbons (Fsp3) is 0.818. The smallest absolute Gasteiger partial charge is 0.151 e. The Balaban J connectivity index is 4.44. The molecule has 0 amide bonds. The van der Waals surface area contributed by atoms with Crippen molar-refractivity contribution in [1.82, 2.24) is 5.32 Å². The first kappa shape index (κ1) is 14.6. The van der Waals surface area contributed by atoms with E-state index in [1.165, 1.54) is 6.26 Å². The minimum absolute atomic E-state index is 0.0294. The Morgan fingerprint density at radius 2 is 2.00 bits per heavy atom. The third-order valence-corrected chi connectivity index (χ3v) is 4.27. The van der Waals surface area contributed by atoms with Gasteiger partial charge < -0.3 is 5.32 Å². The van der Waals surface area contributed by atoms with Crippen molar-refractivity contribution in [2.45, 2.75) is 44.9 Å². The van der Waals surface area contributed by atoms with Gasteiger partial charge in [-0.05, 0) is 33.2 Å². The van der Waals surface area contributed by atoms with Crippen molar-refractivity contribution in [3.8, 4) is 0 Å². The van der Waals surface area contributed by atoms with Crippen molar-refractivity contribution in [3.63, 3.8) is 0 Å². The second kappa shape index (κ2) is 6.28. The standard InChI is InChI=1S/C11H23NO2S/c1-6-12-11(8-7-9(2)3)10(4)15(5,13)14/h10-12H,2,6-8H2,1,3-5H3. The van der Waals surface area contributed by atoms with Gasteiger partial charge in [0, 0.05) is 12.3 Å². The van der Waals surface area contributed by atoms with E-state index in [1.54, 1.807) is 6.92 Å². The summed E-state index contributed by atoms with van der Waals surface area (Å²) in [6.07, 6.45) is 3.00. The molecule has 0 bridgehead atoms. The number of hydrogen-bond acceptors (Lipinski definition) is 3. The summed E-state index contributed by atoms with van der Waals surface area (Å²) < 4.78 is 22.9. The van der Waals surface area contributed by atoms with Crippen molar-refractivity contribution in [3.05, 3.63) is 12.2 Å². The van der Waals surface area contributed by atoms with Crippen LogP contribution >= 0.6 is 0 Å². The van der Waals surface area contributed by atoms with Gasteiger partial charge in [0.05, 0.1) is 5.25 Å². The minimum atomic E-state index is -2.96. The van der Waals surface area contributed by atoms with Gasteiger partial charge >= 0.3 is 0 Å². The fourth-order valence-corrected chi connectivity index (χ4v) is 2.29. The molecular formula is C11H23NO2S. The van der Waals surface area contributed by atoms with Crippen molar-refractivity contribution in [1.29, 1.82) is 0 Å². The predicted molar refractivity (Wildman–Crippen MR) is 65.8 cm³/mol. The summed E-state index contributed by atoms with van der Waals surface area (Å²) >= 11 is 0. The molecule has 0 aromatic heterocycles. The van der Waals surface area contributed by atoms with Crippen LogP contribution in [0.25, 0.3) is 0 Å². The molecule has 0 aliphatic rings.